The molecule has 0 bridgehead atoms. The van der Waals surface area contributed by atoms with Crippen molar-refractivity contribution in [2.75, 3.05) is 6.54 Å². The number of rotatable bonds is 4. The Labute approximate surface area is 111 Å². The van der Waals surface area contributed by atoms with Crippen molar-refractivity contribution in [1.82, 2.24) is 5.32 Å². The number of halogens is 2. The zero-order valence-corrected chi connectivity index (χ0v) is 11.0. The molecule has 1 aromatic rings. The maximum absolute atomic E-state index is 13.1. The molecule has 1 rings (SSSR count). The first kappa shape index (κ1) is 14.5. The van der Waals surface area contributed by atoms with Crippen molar-refractivity contribution < 1.29 is 9.18 Å². The standard InChI is InChI=1S/C13H14ClFN2O/c1-13(2,8-17-12(18)5-6-16)9-3-4-11(15)10(14)7-9/h3-4,7H,5,8H2,1-2H3,(H,17,18). The Kier molecular flexibility index (Phi) is 4.69. The van der Waals surface area contributed by atoms with Crippen LogP contribution in [0.2, 0.25) is 5.02 Å². The molecule has 0 unspecified atom stereocenters. The summed E-state index contributed by atoms with van der Waals surface area (Å²) < 4.78 is 13.1. The number of amides is 1. The van der Waals surface area contributed by atoms with E-state index in [0.717, 1.165) is 5.56 Å². The molecule has 96 valence electrons. The van der Waals surface area contributed by atoms with Gasteiger partial charge in [0.25, 0.3) is 0 Å². The van der Waals surface area contributed by atoms with Crippen LogP contribution >= 0.6 is 11.6 Å². The van der Waals surface area contributed by atoms with E-state index in [9.17, 15) is 9.18 Å². The summed E-state index contributed by atoms with van der Waals surface area (Å²) in [5.74, 6) is -0.788. The third kappa shape index (κ3) is 3.71. The van der Waals surface area contributed by atoms with Crippen LogP contribution in [0.25, 0.3) is 0 Å². The average Bonchev–Trinajstić information content (AvgIpc) is 2.30. The fraction of sp³-hybridized carbons (Fsp3) is 0.385. The molecule has 0 aromatic heterocycles. The third-order valence-corrected chi connectivity index (χ3v) is 2.96. The van der Waals surface area contributed by atoms with Gasteiger partial charge in [0, 0.05) is 12.0 Å². The van der Waals surface area contributed by atoms with Gasteiger partial charge < -0.3 is 5.32 Å². The molecule has 0 aliphatic heterocycles. The number of nitriles is 1. The first-order valence-electron chi connectivity index (χ1n) is 5.46. The summed E-state index contributed by atoms with van der Waals surface area (Å²) in [5, 5.41) is 11.1. The molecule has 1 N–H and O–H groups in total. The van der Waals surface area contributed by atoms with Gasteiger partial charge in [0.1, 0.15) is 12.2 Å². The van der Waals surface area contributed by atoms with Crippen LogP contribution in [-0.4, -0.2) is 12.5 Å². The van der Waals surface area contributed by atoms with Gasteiger partial charge in [-0.05, 0) is 17.7 Å². The number of carbonyl (C=O) groups is 1. The second-order valence-corrected chi connectivity index (χ2v) is 5.03. The number of carbonyl (C=O) groups excluding carboxylic acids is 1. The van der Waals surface area contributed by atoms with Gasteiger partial charge in [-0.25, -0.2) is 4.39 Å². The molecule has 3 nitrogen and oxygen atoms in total. The minimum absolute atomic E-state index is 0.0592. The highest BCUT2D eigenvalue weighted by atomic mass is 35.5. The predicted octanol–water partition coefficient (Wildman–Crippen LogP) is 2.79. The van der Waals surface area contributed by atoms with Crippen molar-refractivity contribution in [2.45, 2.75) is 25.7 Å². The Morgan fingerprint density at radius 3 is 2.78 bits per heavy atom. The van der Waals surface area contributed by atoms with Gasteiger partial charge in [-0.15, -0.1) is 0 Å². The Hall–Kier alpha value is -1.60. The lowest BCUT2D eigenvalue weighted by Crippen LogP contribution is -2.36. The van der Waals surface area contributed by atoms with Gasteiger partial charge in [0.15, 0.2) is 0 Å². The van der Waals surface area contributed by atoms with Crippen LogP contribution in [0, 0.1) is 17.1 Å². The molecule has 18 heavy (non-hydrogen) atoms. The first-order chi connectivity index (χ1) is 8.36. The third-order valence-electron chi connectivity index (χ3n) is 2.67. The molecule has 0 aliphatic rings. The zero-order valence-electron chi connectivity index (χ0n) is 10.3. The molecule has 1 amide bonds. The summed E-state index contributed by atoms with van der Waals surface area (Å²) in [6, 6.07) is 6.26. The van der Waals surface area contributed by atoms with Crippen molar-refractivity contribution in [2.24, 2.45) is 0 Å². The molecule has 0 spiro atoms. The second kappa shape index (κ2) is 5.83. The quantitative estimate of drug-likeness (QED) is 0.913. The lowest BCUT2D eigenvalue weighted by Gasteiger charge is -2.25. The largest absolute Gasteiger partial charge is 0.354 e. The van der Waals surface area contributed by atoms with Crippen LogP contribution in [0.15, 0.2) is 18.2 Å². The molecule has 0 fully saturated rings. The highest BCUT2D eigenvalue weighted by molar-refractivity contribution is 6.30. The summed E-state index contributed by atoms with van der Waals surface area (Å²) in [7, 11) is 0. The van der Waals surface area contributed by atoms with Gasteiger partial charge in [-0.3, -0.25) is 4.79 Å². The number of hydrogen-bond donors (Lipinski definition) is 1. The topological polar surface area (TPSA) is 52.9 Å². The lowest BCUT2D eigenvalue weighted by molar-refractivity contribution is -0.120. The van der Waals surface area contributed by atoms with Crippen LogP contribution in [0.1, 0.15) is 25.8 Å². The fourth-order valence-electron chi connectivity index (χ4n) is 1.47. The van der Waals surface area contributed by atoms with E-state index < -0.39 is 5.82 Å². The van der Waals surface area contributed by atoms with Crippen molar-refractivity contribution in [1.29, 1.82) is 5.26 Å². The van der Waals surface area contributed by atoms with Crippen molar-refractivity contribution in [3.8, 4) is 6.07 Å². The van der Waals surface area contributed by atoms with Crippen molar-refractivity contribution >= 4 is 17.5 Å². The minimum Gasteiger partial charge on any atom is -0.354 e. The van der Waals surface area contributed by atoms with Gasteiger partial charge in [-0.2, -0.15) is 5.26 Å². The van der Waals surface area contributed by atoms with Crippen LogP contribution in [0.5, 0.6) is 0 Å². The molecular formula is C13H14ClFN2O. The molecule has 0 saturated carbocycles. The van der Waals surface area contributed by atoms with E-state index in [1.807, 2.05) is 13.8 Å². The van der Waals surface area contributed by atoms with Crippen molar-refractivity contribution in [3.63, 3.8) is 0 Å². The lowest BCUT2D eigenvalue weighted by atomic mass is 9.84. The predicted molar refractivity (Wildman–Crippen MR) is 67.7 cm³/mol. The van der Waals surface area contributed by atoms with Gasteiger partial charge >= 0.3 is 0 Å². The Morgan fingerprint density at radius 2 is 2.22 bits per heavy atom. The van der Waals surface area contributed by atoms with Crippen LogP contribution in [0.4, 0.5) is 4.39 Å². The van der Waals surface area contributed by atoms with Gasteiger partial charge in [0.2, 0.25) is 5.91 Å². The van der Waals surface area contributed by atoms with E-state index in [0.29, 0.717) is 6.54 Å². The molecule has 0 atom stereocenters. The van der Waals surface area contributed by atoms with Crippen molar-refractivity contribution in [3.05, 3.63) is 34.6 Å². The Morgan fingerprint density at radius 1 is 1.56 bits per heavy atom. The Balaban J connectivity index is 2.76. The highest BCUT2D eigenvalue weighted by Gasteiger charge is 2.22. The van der Waals surface area contributed by atoms with Gasteiger partial charge in [-0.1, -0.05) is 31.5 Å². The smallest absolute Gasteiger partial charge is 0.234 e. The molecule has 0 aliphatic carbocycles. The second-order valence-electron chi connectivity index (χ2n) is 4.62. The van der Waals surface area contributed by atoms with E-state index in [4.69, 9.17) is 16.9 Å². The van der Waals surface area contributed by atoms with Crippen LogP contribution in [0.3, 0.4) is 0 Å². The van der Waals surface area contributed by atoms with Crippen LogP contribution in [-0.2, 0) is 10.2 Å². The summed E-state index contributed by atoms with van der Waals surface area (Å²) in [5.41, 5.74) is 0.439. The summed E-state index contributed by atoms with van der Waals surface area (Å²) in [4.78, 5) is 11.2. The normalized spacial score (nSPS) is 10.8. The summed E-state index contributed by atoms with van der Waals surface area (Å²) in [6.07, 6.45) is -0.166. The molecule has 0 saturated heterocycles. The number of nitrogens with one attached hydrogen (secondary N) is 1. The first-order valence-corrected chi connectivity index (χ1v) is 5.84. The molecule has 0 heterocycles. The average molecular weight is 269 g/mol. The maximum atomic E-state index is 13.1. The number of benzene rings is 1. The van der Waals surface area contributed by atoms with E-state index in [1.54, 1.807) is 18.2 Å². The number of nitrogens with zero attached hydrogens (tertiary/aromatic N) is 1. The SMILES string of the molecule is CC(C)(CNC(=O)CC#N)c1ccc(F)c(Cl)c1. The molecular weight excluding hydrogens is 255 g/mol. The highest BCUT2D eigenvalue weighted by Crippen LogP contribution is 2.26. The van der Waals surface area contributed by atoms with E-state index >= 15 is 0 Å². The van der Waals surface area contributed by atoms with E-state index in [1.165, 1.54) is 6.07 Å². The summed E-state index contributed by atoms with van der Waals surface area (Å²) in [6.45, 7) is 4.17. The molecule has 0 radical (unpaired) electrons. The van der Waals surface area contributed by atoms with E-state index in [-0.39, 0.29) is 22.8 Å². The number of hydrogen-bond acceptors (Lipinski definition) is 2. The summed E-state index contributed by atoms with van der Waals surface area (Å²) >= 11 is 5.73. The minimum atomic E-state index is -0.468. The fourth-order valence-corrected chi connectivity index (χ4v) is 1.65. The molecule has 1 aromatic carbocycles. The molecule has 5 heteroatoms. The maximum Gasteiger partial charge on any atom is 0.234 e. The van der Waals surface area contributed by atoms with Gasteiger partial charge in [0.05, 0.1) is 11.1 Å². The monoisotopic (exact) mass is 268 g/mol. The zero-order chi connectivity index (χ0) is 13.8. The Bertz CT molecular complexity index is 494. The van der Waals surface area contributed by atoms with Crippen LogP contribution < -0.4 is 5.32 Å². The van der Waals surface area contributed by atoms with E-state index in [2.05, 4.69) is 5.32 Å².